The lowest BCUT2D eigenvalue weighted by Gasteiger charge is -2.29. The smallest absolute Gasteiger partial charge is 0.119 e. The first-order valence-corrected chi connectivity index (χ1v) is 5.84. The highest BCUT2D eigenvalue weighted by Gasteiger charge is 2.16. The van der Waals surface area contributed by atoms with Crippen LogP contribution in [0, 0.1) is 0 Å². The Morgan fingerprint density at radius 3 is 2.50 bits per heavy atom. The second-order valence-electron chi connectivity index (χ2n) is 3.75. The van der Waals surface area contributed by atoms with Gasteiger partial charge in [0.2, 0.25) is 0 Å². The lowest BCUT2D eigenvalue weighted by molar-refractivity contribution is 0.223. The molecule has 0 unspecified atom stereocenters. The van der Waals surface area contributed by atoms with E-state index in [9.17, 15) is 0 Å². The van der Waals surface area contributed by atoms with Crippen molar-refractivity contribution in [3.05, 3.63) is 29.8 Å². The summed E-state index contributed by atoms with van der Waals surface area (Å²) in [5.41, 5.74) is 7.09. The molecule has 0 amide bonds. The summed E-state index contributed by atoms with van der Waals surface area (Å²) in [6.45, 7) is 6.97. The van der Waals surface area contributed by atoms with Crippen LogP contribution < -0.4 is 10.5 Å². The molecule has 1 atom stereocenters. The van der Waals surface area contributed by atoms with Gasteiger partial charge in [-0.2, -0.15) is 0 Å². The van der Waals surface area contributed by atoms with Gasteiger partial charge in [-0.15, -0.1) is 0 Å². The van der Waals surface area contributed by atoms with Gasteiger partial charge in [0.05, 0.1) is 7.11 Å². The van der Waals surface area contributed by atoms with Crippen molar-refractivity contribution in [1.82, 2.24) is 4.90 Å². The van der Waals surface area contributed by atoms with E-state index in [0.29, 0.717) is 6.54 Å². The van der Waals surface area contributed by atoms with Gasteiger partial charge in [0, 0.05) is 12.6 Å². The van der Waals surface area contributed by atoms with Crippen LogP contribution in [-0.2, 0) is 0 Å². The molecule has 90 valence electrons. The fourth-order valence-corrected chi connectivity index (χ4v) is 2.01. The molecule has 0 aromatic heterocycles. The number of nitrogens with zero attached hydrogens (tertiary/aromatic N) is 1. The predicted molar refractivity (Wildman–Crippen MR) is 67.7 cm³/mol. The molecule has 1 aromatic rings. The zero-order valence-electron chi connectivity index (χ0n) is 10.4. The minimum absolute atomic E-state index is 0.282. The molecule has 0 saturated heterocycles. The monoisotopic (exact) mass is 222 g/mol. The fraction of sp³-hybridized carbons (Fsp3) is 0.538. The Bertz CT molecular complexity index is 311. The van der Waals surface area contributed by atoms with Crippen LogP contribution in [0.4, 0.5) is 0 Å². The van der Waals surface area contributed by atoms with Crippen LogP contribution in [0.15, 0.2) is 24.3 Å². The van der Waals surface area contributed by atoms with Crippen molar-refractivity contribution >= 4 is 0 Å². The number of nitrogens with two attached hydrogens (primary N) is 1. The second kappa shape index (κ2) is 6.51. The third-order valence-corrected chi connectivity index (χ3v) is 2.95. The largest absolute Gasteiger partial charge is 0.497 e. The van der Waals surface area contributed by atoms with Crippen LogP contribution >= 0.6 is 0 Å². The summed E-state index contributed by atoms with van der Waals surface area (Å²) in [7, 11) is 1.69. The van der Waals surface area contributed by atoms with E-state index in [1.807, 2.05) is 12.1 Å². The zero-order valence-corrected chi connectivity index (χ0v) is 10.4. The normalized spacial score (nSPS) is 12.8. The van der Waals surface area contributed by atoms with Crippen LogP contribution in [0.25, 0.3) is 0 Å². The van der Waals surface area contributed by atoms with Crippen molar-refractivity contribution in [1.29, 1.82) is 0 Å². The number of rotatable bonds is 6. The van der Waals surface area contributed by atoms with Gasteiger partial charge in [0.25, 0.3) is 0 Å². The molecule has 2 N–H and O–H groups in total. The van der Waals surface area contributed by atoms with Gasteiger partial charge in [-0.3, -0.25) is 4.90 Å². The summed E-state index contributed by atoms with van der Waals surface area (Å²) in [4.78, 5) is 2.36. The summed E-state index contributed by atoms with van der Waals surface area (Å²) >= 11 is 0. The molecule has 1 rings (SSSR count). The molecular weight excluding hydrogens is 200 g/mol. The van der Waals surface area contributed by atoms with Crippen LogP contribution in [0.1, 0.15) is 25.5 Å². The molecule has 1 aromatic carbocycles. The highest BCUT2D eigenvalue weighted by molar-refractivity contribution is 5.30. The number of benzene rings is 1. The number of ether oxygens (including phenoxy) is 1. The molecule has 0 aliphatic rings. The summed E-state index contributed by atoms with van der Waals surface area (Å²) < 4.78 is 5.24. The Kier molecular flexibility index (Phi) is 5.29. The van der Waals surface area contributed by atoms with E-state index in [0.717, 1.165) is 18.8 Å². The van der Waals surface area contributed by atoms with Crippen molar-refractivity contribution in [3.63, 3.8) is 0 Å². The second-order valence-corrected chi connectivity index (χ2v) is 3.75. The Balaban J connectivity index is 2.93. The van der Waals surface area contributed by atoms with Crippen LogP contribution in [-0.4, -0.2) is 31.6 Å². The lowest BCUT2D eigenvalue weighted by atomic mass is 10.0. The standard InChI is InChI=1S/C13H22N2O/c1-4-15(5-2)13(10-14)11-7-6-8-12(9-11)16-3/h6-9,13H,4-5,10,14H2,1-3H3/t13-/m1/s1. The van der Waals surface area contributed by atoms with Crippen molar-refractivity contribution in [3.8, 4) is 5.75 Å². The van der Waals surface area contributed by atoms with Crippen molar-refractivity contribution < 1.29 is 4.74 Å². The van der Waals surface area contributed by atoms with E-state index in [1.54, 1.807) is 7.11 Å². The maximum absolute atomic E-state index is 5.87. The van der Waals surface area contributed by atoms with Gasteiger partial charge in [-0.05, 0) is 30.8 Å². The molecule has 16 heavy (non-hydrogen) atoms. The molecular formula is C13H22N2O. The van der Waals surface area contributed by atoms with Gasteiger partial charge in [0.1, 0.15) is 5.75 Å². The van der Waals surface area contributed by atoms with Gasteiger partial charge in [-0.25, -0.2) is 0 Å². The van der Waals surface area contributed by atoms with Gasteiger partial charge in [-0.1, -0.05) is 26.0 Å². The van der Waals surface area contributed by atoms with E-state index >= 15 is 0 Å². The summed E-state index contributed by atoms with van der Waals surface area (Å²) in [6.07, 6.45) is 0. The third kappa shape index (κ3) is 2.97. The summed E-state index contributed by atoms with van der Waals surface area (Å²) in [5, 5.41) is 0. The van der Waals surface area contributed by atoms with E-state index in [4.69, 9.17) is 10.5 Å². The molecule has 0 aliphatic heterocycles. The predicted octanol–water partition coefficient (Wildman–Crippen LogP) is 2.04. The third-order valence-electron chi connectivity index (χ3n) is 2.95. The molecule has 0 fully saturated rings. The highest BCUT2D eigenvalue weighted by Crippen LogP contribution is 2.23. The molecule has 3 nitrogen and oxygen atoms in total. The van der Waals surface area contributed by atoms with Crippen molar-refractivity contribution in [2.75, 3.05) is 26.7 Å². The molecule has 0 spiro atoms. The average molecular weight is 222 g/mol. The SMILES string of the molecule is CCN(CC)[C@H](CN)c1cccc(OC)c1. The van der Waals surface area contributed by atoms with E-state index in [2.05, 4.69) is 30.9 Å². The Morgan fingerprint density at radius 2 is 2.00 bits per heavy atom. The first-order chi connectivity index (χ1) is 7.76. The fourth-order valence-electron chi connectivity index (χ4n) is 2.01. The molecule has 3 heteroatoms. The van der Waals surface area contributed by atoms with Gasteiger partial charge >= 0.3 is 0 Å². The number of likely N-dealkylation sites (N-methyl/N-ethyl adjacent to an activating group) is 1. The minimum atomic E-state index is 0.282. The Hall–Kier alpha value is -1.06. The molecule has 0 aliphatic carbocycles. The Morgan fingerprint density at radius 1 is 1.31 bits per heavy atom. The van der Waals surface area contributed by atoms with E-state index < -0.39 is 0 Å². The lowest BCUT2D eigenvalue weighted by Crippen LogP contribution is -2.33. The maximum Gasteiger partial charge on any atom is 0.119 e. The quantitative estimate of drug-likeness (QED) is 0.800. The maximum atomic E-state index is 5.87. The summed E-state index contributed by atoms with van der Waals surface area (Å²) in [5.74, 6) is 0.892. The minimum Gasteiger partial charge on any atom is -0.497 e. The molecule has 0 radical (unpaired) electrons. The topological polar surface area (TPSA) is 38.5 Å². The molecule has 0 bridgehead atoms. The van der Waals surface area contributed by atoms with Crippen LogP contribution in [0.3, 0.4) is 0 Å². The van der Waals surface area contributed by atoms with Crippen molar-refractivity contribution in [2.45, 2.75) is 19.9 Å². The van der Waals surface area contributed by atoms with Crippen LogP contribution in [0.2, 0.25) is 0 Å². The van der Waals surface area contributed by atoms with E-state index in [1.165, 1.54) is 5.56 Å². The number of hydrogen-bond acceptors (Lipinski definition) is 3. The van der Waals surface area contributed by atoms with Gasteiger partial charge < -0.3 is 10.5 Å². The first-order valence-electron chi connectivity index (χ1n) is 5.84. The molecule has 0 heterocycles. The highest BCUT2D eigenvalue weighted by atomic mass is 16.5. The zero-order chi connectivity index (χ0) is 12.0. The van der Waals surface area contributed by atoms with Crippen molar-refractivity contribution in [2.24, 2.45) is 5.73 Å². The average Bonchev–Trinajstić information content (AvgIpc) is 2.35. The Labute approximate surface area is 98.2 Å². The first kappa shape index (κ1) is 13.0. The number of methoxy groups -OCH3 is 1. The van der Waals surface area contributed by atoms with Gasteiger partial charge in [0.15, 0.2) is 0 Å². The van der Waals surface area contributed by atoms with Crippen LogP contribution in [0.5, 0.6) is 5.75 Å². The molecule has 0 saturated carbocycles. The van der Waals surface area contributed by atoms with E-state index in [-0.39, 0.29) is 6.04 Å². The number of hydrogen-bond donors (Lipinski definition) is 1. The summed E-state index contributed by atoms with van der Waals surface area (Å²) in [6, 6.07) is 8.43.